The molecule has 1 fully saturated rings. The maximum Gasteiger partial charge on any atom is 0.338 e. The van der Waals surface area contributed by atoms with E-state index in [1.54, 1.807) is 48.5 Å². The molecule has 1 aliphatic rings. The maximum atomic E-state index is 13.3. The topological polar surface area (TPSA) is 125 Å². The lowest BCUT2D eigenvalue weighted by atomic mass is 10.1. The maximum absolute atomic E-state index is 13.3. The van der Waals surface area contributed by atoms with Gasteiger partial charge in [0.15, 0.2) is 17.5 Å². The average Bonchev–Trinajstić information content (AvgIpc) is 3.27. The van der Waals surface area contributed by atoms with Gasteiger partial charge in [-0.1, -0.05) is 36.0 Å². The molecule has 4 aromatic rings. The van der Waals surface area contributed by atoms with Crippen molar-refractivity contribution in [1.29, 1.82) is 0 Å². The van der Waals surface area contributed by atoms with Crippen LogP contribution in [0.2, 0.25) is 0 Å². The monoisotopic (exact) mass is 571 g/mol. The molecule has 2 amide bonds. The lowest BCUT2D eigenvalue weighted by molar-refractivity contribution is -0.121. The molecule has 1 unspecified atom stereocenters. The number of nitrogens with zero attached hydrogens (tertiary/aromatic N) is 3. The summed E-state index contributed by atoms with van der Waals surface area (Å²) in [6.07, 6.45) is -0.0634. The standard InChI is InChI=1S/C30H25N3O7S/c1-3-32-27(36)22-9-4-5-10-23(22)31-30(32)41-25-16-26(35)33(28(25)37)20-13-11-18(12-14-20)29(38)40-17-24(34)19-7-6-8-21(15-19)39-2/h4-15,25H,3,16-17H2,1-2H3. The Morgan fingerprint density at radius 1 is 0.976 bits per heavy atom. The van der Waals surface area contributed by atoms with Gasteiger partial charge in [0.05, 0.1) is 29.3 Å². The number of benzene rings is 3. The summed E-state index contributed by atoms with van der Waals surface area (Å²) in [4.78, 5) is 69.6. The van der Waals surface area contributed by atoms with E-state index in [0.717, 1.165) is 16.7 Å². The van der Waals surface area contributed by atoms with E-state index in [2.05, 4.69) is 4.98 Å². The number of carbonyl (C=O) groups excluding carboxylic acids is 4. The number of hydrogen-bond acceptors (Lipinski definition) is 9. The highest BCUT2D eigenvalue weighted by Gasteiger charge is 2.41. The van der Waals surface area contributed by atoms with Crippen LogP contribution in [-0.4, -0.2) is 52.1 Å². The van der Waals surface area contributed by atoms with Crippen LogP contribution in [0.4, 0.5) is 5.69 Å². The van der Waals surface area contributed by atoms with Gasteiger partial charge in [-0.2, -0.15) is 0 Å². The van der Waals surface area contributed by atoms with Crippen LogP contribution >= 0.6 is 11.8 Å². The highest BCUT2D eigenvalue weighted by atomic mass is 32.2. The van der Waals surface area contributed by atoms with E-state index >= 15 is 0 Å². The number of esters is 1. The number of rotatable bonds is 9. The van der Waals surface area contributed by atoms with Crippen molar-refractivity contribution in [3.05, 3.63) is 94.3 Å². The van der Waals surface area contributed by atoms with Crippen molar-refractivity contribution in [3.8, 4) is 5.75 Å². The summed E-state index contributed by atoms with van der Waals surface area (Å²) in [6, 6.07) is 19.3. The van der Waals surface area contributed by atoms with Crippen LogP contribution < -0.4 is 15.2 Å². The molecule has 1 aromatic heterocycles. The molecule has 1 atom stereocenters. The number of Topliss-reactive ketones (excluding diaryl/α,β-unsaturated/α-hetero) is 1. The molecule has 1 saturated heterocycles. The predicted molar refractivity (Wildman–Crippen MR) is 152 cm³/mol. The van der Waals surface area contributed by atoms with Gasteiger partial charge >= 0.3 is 5.97 Å². The number of ether oxygens (including phenoxy) is 2. The van der Waals surface area contributed by atoms with Crippen LogP contribution in [0.3, 0.4) is 0 Å². The molecule has 0 spiro atoms. The minimum atomic E-state index is -0.763. The number of ketones is 1. The summed E-state index contributed by atoms with van der Waals surface area (Å²) in [5, 5.41) is 0.0869. The second-order valence-electron chi connectivity index (χ2n) is 9.12. The number of para-hydroxylation sites is 1. The number of anilines is 1. The Bertz CT molecular complexity index is 1730. The second kappa shape index (κ2) is 11.8. The van der Waals surface area contributed by atoms with E-state index in [1.165, 1.54) is 35.9 Å². The lowest BCUT2D eigenvalue weighted by Crippen LogP contribution is -2.31. The zero-order valence-electron chi connectivity index (χ0n) is 22.2. The Balaban J connectivity index is 1.26. The quantitative estimate of drug-likeness (QED) is 0.127. The van der Waals surface area contributed by atoms with Gasteiger partial charge in [0.25, 0.3) is 5.56 Å². The van der Waals surface area contributed by atoms with Gasteiger partial charge in [0.2, 0.25) is 11.8 Å². The minimum Gasteiger partial charge on any atom is -0.497 e. The number of hydrogen-bond donors (Lipinski definition) is 0. The molecule has 5 rings (SSSR count). The second-order valence-corrected chi connectivity index (χ2v) is 10.3. The van der Waals surface area contributed by atoms with Crippen LogP contribution in [-0.2, 0) is 20.9 Å². The number of methoxy groups -OCH3 is 1. The Kier molecular flexibility index (Phi) is 7.97. The molecular weight excluding hydrogens is 546 g/mol. The first kappa shape index (κ1) is 27.8. The van der Waals surface area contributed by atoms with Crippen molar-refractivity contribution in [1.82, 2.24) is 9.55 Å². The summed E-state index contributed by atoms with van der Waals surface area (Å²) in [7, 11) is 1.49. The molecule has 10 nitrogen and oxygen atoms in total. The normalized spacial score (nSPS) is 14.9. The van der Waals surface area contributed by atoms with Gasteiger partial charge in [-0.3, -0.25) is 23.7 Å². The first-order chi connectivity index (χ1) is 19.8. The van der Waals surface area contributed by atoms with Gasteiger partial charge in [-0.25, -0.2) is 14.7 Å². The minimum absolute atomic E-state index is 0.0634. The third kappa shape index (κ3) is 5.62. The van der Waals surface area contributed by atoms with Crippen LogP contribution in [0.25, 0.3) is 10.9 Å². The summed E-state index contributed by atoms with van der Waals surface area (Å²) in [5.74, 6) is -1.44. The van der Waals surface area contributed by atoms with E-state index in [-0.39, 0.29) is 23.3 Å². The average molecular weight is 572 g/mol. The summed E-state index contributed by atoms with van der Waals surface area (Å²) < 4.78 is 11.8. The molecule has 0 saturated carbocycles. The van der Waals surface area contributed by atoms with E-state index in [4.69, 9.17) is 9.47 Å². The number of carbonyl (C=O) groups is 4. The molecule has 1 aliphatic heterocycles. The van der Waals surface area contributed by atoms with Crippen molar-refractivity contribution in [2.45, 2.75) is 30.3 Å². The molecule has 2 heterocycles. The zero-order valence-corrected chi connectivity index (χ0v) is 23.1. The van der Waals surface area contributed by atoms with Crippen molar-refractivity contribution in [2.75, 3.05) is 18.6 Å². The summed E-state index contributed by atoms with van der Waals surface area (Å²) in [6.45, 7) is 1.72. The Morgan fingerprint density at radius 3 is 2.46 bits per heavy atom. The van der Waals surface area contributed by atoms with Crippen molar-refractivity contribution < 1.29 is 28.7 Å². The van der Waals surface area contributed by atoms with Gasteiger partial charge in [-0.15, -0.1) is 0 Å². The molecule has 3 aromatic carbocycles. The number of fused-ring (bicyclic) bond motifs is 1. The molecule has 208 valence electrons. The third-order valence-electron chi connectivity index (χ3n) is 6.58. The van der Waals surface area contributed by atoms with Crippen molar-refractivity contribution >= 4 is 51.9 Å². The van der Waals surface area contributed by atoms with Gasteiger partial charge < -0.3 is 9.47 Å². The van der Waals surface area contributed by atoms with E-state index < -0.39 is 29.6 Å². The summed E-state index contributed by atoms with van der Waals surface area (Å²) in [5.41, 5.74) is 1.12. The van der Waals surface area contributed by atoms with E-state index in [0.29, 0.717) is 39.6 Å². The lowest BCUT2D eigenvalue weighted by Gasteiger charge is -2.16. The fourth-order valence-corrected chi connectivity index (χ4v) is 5.63. The van der Waals surface area contributed by atoms with Crippen LogP contribution in [0, 0.1) is 0 Å². The molecule has 0 N–H and O–H groups in total. The first-order valence-electron chi connectivity index (χ1n) is 12.8. The fourth-order valence-electron chi connectivity index (χ4n) is 4.45. The molecule has 0 bridgehead atoms. The van der Waals surface area contributed by atoms with Gasteiger partial charge in [0.1, 0.15) is 11.0 Å². The van der Waals surface area contributed by atoms with Crippen molar-refractivity contribution in [2.24, 2.45) is 0 Å². The smallest absolute Gasteiger partial charge is 0.338 e. The van der Waals surface area contributed by atoms with E-state index in [1.807, 2.05) is 6.92 Å². The Hall–Kier alpha value is -4.77. The van der Waals surface area contributed by atoms with Gasteiger partial charge in [-0.05, 0) is 55.5 Å². The predicted octanol–water partition coefficient (Wildman–Crippen LogP) is 3.89. The van der Waals surface area contributed by atoms with Crippen LogP contribution in [0.1, 0.15) is 34.1 Å². The first-order valence-corrected chi connectivity index (χ1v) is 13.7. The number of aromatic nitrogens is 2. The fraction of sp³-hybridized carbons (Fsp3) is 0.200. The number of imide groups is 1. The highest BCUT2D eigenvalue weighted by molar-refractivity contribution is 8.00. The Labute approximate surface area is 238 Å². The SMILES string of the molecule is CCn1c(SC2CC(=O)N(c3ccc(C(=O)OCC(=O)c4cccc(OC)c4)cc3)C2=O)nc2ccccc2c1=O. The molecular formula is C30H25N3O7S. The van der Waals surface area contributed by atoms with Gasteiger partial charge in [0, 0.05) is 18.5 Å². The third-order valence-corrected chi connectivity index (χ3v) is 7.76. The largest absolute Gasteiger partial charge is 0.497 e. The number of amides is 2. The zero-order chi connectivity index (χ0) is 29.1. The van der Waals surface area contributed by atoms with Crippen LogP contribution in [0.5, 0.6) is 5.75 Å². The molecule has 0 radical (unpaired) electrons. The van der Waals surface area contributed by atoms with Crippen LogP contribution in [0.15, 0.2) is 82.7 Å². The molecule has 11 heteroatoms. The number of thioether (sulfide) groups is 1. The van der Waals surface area contributed by atoms with E-state index in [9.17, 15) is 24.0 Å². The highest BCUT2D eigenvalue weighted by Crippen LogP contribution is 2.33. The van der Waals surface area contributed by atoms with Crippen molar-refractivity contribution in [3.63, 3.8) is 0 Å². The molecule has 41 heavy (non-hydrogen) atoms. The molecule has 0 aliphatic carbocycles. The Morgan fingerprint density at radius 2 is 1.73 bits per heavy atom. The summed E-state index contributed by atoms with van der Waals surface area (Å²) >= 11 is 1.09.